The van der Waals surface area contributed by atoms with Crippen molar-refractivity contribution in [2.24, 2.45) is 5.73 Å². The van der Waals surface area contributed by atoms with Crippen molar-refractivity contribution in [2.75, 3.05) is 6.54 Å². The first kappa shape index (κ1) is 19.1. The summed E-state index contributed by atoms with van der Waals surface area (Å²) in [6.45, 7) is 2.52. The van der Waals surface area contributed by atoms with Crippen LogP contribution >= 0.6 is 0 Å². The zero-order valence-electron chi connectivity index (χ0n) is 15.4. The minimum Gasteiger partial charge on any atom is -0.325 e. The Hall–Kier alpha value is -2.70. The molecule has 1 heterocycles. The van der Waals surface area contributed by atoms with E-state index in [2.05, 4.69) is 19.1 Å². The normalized spacial score (nSPS) is 19.1. The van der Waals surface area contributed by atoms with E-state index in [1.54, 1.807) is 17.6 Å². The zero-order valence-corrected chi connectivity index (χ0v) is 15.4. The van der Waals surface area contributed by atoms with Crippen LogP contribution in [0.2, 0.25) is 0 Å². The van der Waals surface area contributed by atoms with E-state index in [0.29, 0.717) is 18.5 Å². The number of carbonyl (C=O) groups is 2. The Kier molecular flexibility index (Phi) is 5.88. The number of nitrogens with two attached hydrogens (primary N) is 1. The number of rotatable bonds is 5. The monoisotopic (exact) mass is 367 g/mol. The molecule has 1 fully saturated rings. The molecule has 2 aromatic carbocycles. The molecule has 2 atom stereocenters. The average Bonchev–Trinajstić information content (AvgIpc) is 3.09. The third-order valence-electron chi connectivity index (χ3n) is 5.05. The molecule has 4 N–H and O–H groups in total. The fourth-order valence-electron chi connectivity index (χ4n) is 3.66. The van der Waals surface area contributed by atoms with Crippen LogP contribution < -0.4 is 11.2 Å². The lowest BCUT2D eigenvalue weighted by atomic mass is 9.97. The van der Waals surface area contributed by atoms with Crippen LogP contribution in [0.25, 0.3) is 11.1 Å². The summed E-state index contributed by atoms with van der Waals surface area (Å²) in [6.07, 6.45) is 2.61. The van der Waals surface area contributed by atoms with Crippen LogP contribution in [0.4, 0.5) is 0 Å². The van der Waals surface area contributed by atoms with E-state index < -0.39 is 18.0 Å². The molecular formula is C21H25N3O3. The highest BCUT2D eigenvalue weighted by Gasteiger charge is 2.40. The van der Waals surface area contributed by atoms with Gasteiger partial charge >= 0.3 is 0 Å². The molecule has 2 amide bonds. The van der Waals surface area contributed by atoms with E-state index in [4.69, 9.17) is 10.9 Å². The average molecular weight is 367 g/mol. The molecule has 1 aliphatic heterocycles. The number of hydrogen-bond acceptors (Lipinski definition) is 4. The van der Waals surface area contributed by atoms with Gasteiger partial charge in [-0.25, -0.2) is 5.48 Å². The fraction of sp³-hybridized carbons (Fsp3) is 0.333. The number of hydroxylamine groups is 1. The summed E-state index contributed by atoms with van der Waals surface area (Å²) in [7, 11) is 0. The molecule has 2 aromatic rings. The lowest BCUT2D eigenvalue weighted by molar-refractivity contribution is -0.133. The van der Waals surface area contributed by atoms with Gasteiger partial charge in [0.15, 0.2) is 0 Å². The van der Waals surface area contributed by atoms with Crippen molar-refractivity contribution in [2.45, 2.75) is 38.3 Å². The third-order valence-corrected chi connectivity index (χ3v) is 5.05. The minimum atomic E-state index is -0.873. The van der Waals surface area contributed by atoms with Gasteiger partial charge in [-0.3, -0.25) is 14.8 Å². The minimum absolute atomic E-state index is 0.259. The first-order chi connectivity index (χ1) is 13.1. The summed E-state index contributed by atoms with van der Waals surface area (Å²) in [6, 6.07) is 14.2. The first-order valence-corrected chi connectivity index (χ1v) is 9.25. The van der Waals surface area contributed by atoms with Crippen LogP contribution in [-0.4, -0.2) is 40.5 Å². The fourth-order valence-corrected chi connectivity index (χ4v) is 3.66. The van der Waals surface area contributed by atoms with Gasteiger partial charge < -0.3 is 10.6 Å². The van der Waals surface area contributed by atoms with Crippen molar-refractivity contribution in [3.05, 3.63) is 59.7 Å². The Bertz CT molecular complexity index is 820. The van der Waals surface area contributed by atoms with Crippen LogP contribution in [0.5, 0.6) is 0 Å². The van der Waals surface area contributed by atoms with E-state index in [-0.39, 0.29) is 5.91 Å². The number of hydrogen-bond donors (Lipinski definition) is 3. The largest absolute Gasteiger partial charge is 0.325 e. The summed E-state index contributed by atoms with van der Waals surface area (Å²) in [5.74, 6) is -0.917. The maximum atomic E-state index is 13.2. The van der Waals surface area contributed by atoms with Gasteiger partial charge in [0, 0.05) is 18.2 Å². The zero-order chi connectivity index (χ0) is 19.4. The van der Waals surface area contributed by atoms with Crippen molar-refractivity contribution in [3.63, 3.8) is 0 Å². The number of nitrogens with zero attached hydrogens (tertiary/aromatic N) is 1. The molecule has 0 aromatic heterocycles. The van der Waals surface area contributed by atoms with E-state index in [1.165, 1.54) is 10.5 Å². The second-order valence-electron chi connectivity index (χ2n) is 6.86. The van der Waals surface area contributed by atoms with Crippen LogP contribution in [0, 0.1) is 0 Å². The molecule has 0 radical (unpaired) electrons. The van der Waals surface area contributed by atoms with Gasteiger partial charge in [0.2, 0.25) is 0 Å². The van der Waals surface area contributed by atoms with Crippen LogP contribution in [0.3, 0.4) is 0 Å². The molecule has 27 heavy (non-hydrogen) atoms. The van der Waals surface area contributed by atoms with Crippen LogP contribution in [0.1, 0.15) is 35.7 Å². The van der Waals surface area contributed by atoms with Gasteiger partial charge in [-0.05, 0) is 35.6 Å². The van der Waals surface area contributed by atoms with Crippen LogP contribution in [0.15, 0.2) is 48.5 Å². The number of aryl methyl sites for hydroxylation is 1. The van der Waals surface area contributed by atoms with Crippen molar-refractivity contribution < 1.29 is 14.8 Å². The van der Waals surface area contributed by atoms with Crippen molar-refractivity contribution in [1.29, 1.82) is 0 Å². The second kappa shape index (κ2) is 8.33. The van der Waals surface area contributed by atoms with E-state index in [9.17, 15) is 9.59 Å². The lowest BCUT2D eigenvalue weighted by Crippen LogP contribution is -2.51. The van der Waals surface area contributed by atoms with Crippen molar-refractivity contribution in [3.8, 4) is 11.1 Å². The van der Waals surface area contributed by atoms with E-state index in [0.717, 1.165) is 24.0 Å². The van der Waals surface area contributed by atoms with Crippen molar-refractivity contribution >= 4 is 11.8 Å². The molecule has 0 unspecified atom stereocenters. The SMILES string of the molecule is CCCc1ccc(-c2ccccc2C(=O)N2CC[C@H](N)[C@H]2C(=O)NO)cc1. The molecule has 0 aliphatic carbocycles. The van der Waals surface area contributed by atoms with Gasteiger partial charge in [0.25, 0.3) is 11.8 Å². The molecule has 6 nitrogen and oxygen atoms in total. The Balaban J connectivity index is 1.93. The van der Waals surface area contributed by atoms with Gasteiger partial charge in [-0.1, -0.05) is 55.8 Å². The van der Waals surface area contributed by atoms with E-state index in [1.807, 2.05) is 24.3 Å². The predicted octanol–water partition coefficient (Wildman–Crippen LogP) is 2.35. The molecule has 1 saturated heterocycles. The number of amides is 2. The summed E-state index contributed by atoms with van der Waals surface area (Å²) >= 11 is 0. The molecule has 0 saturated carbocycles. The Morgan fingerprint density at radius 2 is 1.89 bits per heavy atom. The summed E-state index contributed by atoms with van der Waals surface area (Å²) in [5.41, 5.74) is 11.2. The Labute approximate surface area is 158 Å². The smallest absolute Gasteiger partial charge is 0.267 e. The molecule has 3 rings (SSSR count). The Morgan fingerprint density at radius 3 is 2.56 bits per heavy atom. The molecule has 0 spiro atoms. The number of nitrogens with one attached hydrogen (secondary N) is 1. The topological polar surface area (TPSA) is 95.7 Å². The predicted molar refractivity (Wildman–Crippen MR) is 103 cm³/mol. The van der Waals surface area contributed by atoms with Gasteiger partial charge in [0.1, 0.15) is 6.04 Å². The van der Waals surface area contributed by atoms with Gasteiger partial charge in [0.05, 0.1) is 0 Å². The third kappa shape index (κ3) is 3.86. The van der Waals surface area contributed by atoms with Crippen molar-refractivity contribution in [1.82, 2.24) is 10.4 Å². The van der Waals surface area contributed by atoms with E-state index >= 15 is 0 Å². The molecular weight excluding hydrogens is 342 g/mol. The molecule has 1 aliphatic rings. The molecule has 6 heteroatoms. The van der Waals surface area contributed by atoms with Crippen LogP contribution in [-0.2, 0) is 11.2 Å². The standard InChI is InChI=1S/C21H25N3O3/c1-2-5-14-8-10-15(11-9-14)16-6-3-4-7-17(16)21(26)24-13-12-18(22)19(24)20(25)23-27/h3-4,6-11,18-19,27H,2,5,12-13,22H2,1H3,(H,23,25)/t18-,19-/m0/s1. The molecule has 0 bridgehead atoms. The Morgan fingerprint density at radius 1 is 1.19 bits per heavy atom. The second-order valence-corrected chi connectivity index (χ2v) is 6.86. The summed E-state index contributed by atoms with van der Waals surface area (Å²) in [4.78, 5) is 26.6. The maximum Gasteiger partial charge on any atom is 0.267 e. The highest BCUT2D eigenvalue weighted by Crippen LogP contribution is 2.28. The highest BCUT2D eigenvalue weighted by molar-refractivity contribution is 6.03. The summed E-state index contributed by atoms with van der Waals surface area (Å²) in [5, 5.41) is 8.99. The molecule has 142 valence electrons. The first-order valence-electron chi connectivity index (χ1n) is 9.25. The highest BCUT2D eigenvalue weighted by atomic mass is 16.5. The lowest BCUT2D eigenvalue weighted by Gasteiger charge is -2.25. The quantitative estimate of drug-likeness (QED) is 0.558. The number of benzene rings is 2. The number of likely N-dealkylation sites (tertiary alicyclic amines) is 1. The van der Waals surface area contributed by atoms with Gasteiger partial charge in [-0.2, -0.15) is 0 Å². The summed E-state index contributed by atoms with van der Waals surface area (Å²) < 4.78 is 0. The van der Waals surface area contributed by atoms with Gasteiger partial charge in [-0.15, -0.1) is 0 Å². The number of carbonyl (C=O) groups excluding carboxylic acids is 2. The maximum absolute atomic E-state index is 13.2.